The van der Waals surface area contributed by atoms with Crippen molar-refractivity contribution in [2.24, 2.45) is 0 Å². The lowest BCUT2D eigenvalue weighted by Crippen LogP contribution is -2.56. The highest BCUT2D eigenvalue weighted by atomic mass is 79.9. The smallest absolute Gasteiger partial charge is 0.142 e. The third-order valence-corrected chi connectivity index (χ3v) is 10.7. The summed E-state index contributed by atoms with van der Waals surface area (Å²) in [6, 6.07) is 19.3. The van der Waals surface area contributed by atoms with Crippen molar-refractivity contribution in [2.45, 2.75) is 38.0 Å². The van der Waals surface area contributed by atoms with Crippen LogP contribution in [-0.2, 0) is 11.0 Å². The molecule has 29 heavy (non-hydrogen) atoms. The van der Waals surface area contributed by atoms with Crippen LogP contribution in [0.15, 0.2) is 71.3 Å². The van der Waals surface area contributed by atoms with Gasteiger partial charge in [0, 0.05) is 15.5 Å². The molecule has 0 aromatic heterocycles. The van der Waals surface area contributed by atoms with E-state index in [2.05, 4.69) is 110 Å². The van der Waals surface area contributed by atoms with Gasteiger partial charge < -0.3 is 5.11 Å². The lowest BCUT2D eigenvalue weighted by atomic mass is 9.51. The monoisotopic (exact) mass is 460 g/mol. The van der Waals surface area contributed by atoms with Crippen molar-refractivity contribution in [3.8, 4) is 0 Å². The van der Waals surface area contributed by atoms with Crippen molar-refractivity contribution in [3.63, 3.8) is 0 Å². The number of aliphatic hydroxyl groups is 1. The van der Waals surface area contributed by atoms with Crippen LogP contribution >= 0.6 is 15.9 Å². The highest BCUT2D eigenvalue weighted by molar-refractivity contribution is 9.10. The van der Waals surface area contributed by atoms with E-state index in [0.717, 1.165) is 26.7 Å². The van der Waals surface area contributed by atoms with Crippen molar-refractivity contribution in [3.05, 3.63) is 110 Å². The second-order valence-electron chi connectivity index (χ2n) is 9.15. The molecule has 0 spiro atoms. The minimum absolute atomic E-state index is 0.304. The van der Waals surface area contributed by atoms with Gasteiger partial charge in [0.25, 0.3) is 0 Å². The normalized spacial score (nSPS) is 23.9. The van der Waals surface area contributed by atoms with Crippen LogP contribution in [0.3, 0.4) is 0 Å². The van der Waals surface area contributed by atoms with Gasteiger partial charge >= 0.3 is 0 Å². The lowest BCUT2D eigenvalue weighted by Gasteiger charge is -2.55. The second-order valence-corrected chi connectivity index (χ2v) is 14.4. The number of aryl methyl sites for hydroxylation is 1. The van der Waals surface area contributed by atoms with Gasteiger partial charge in [-0.15, -0.1) is 6.58 Å². The summed E-state index contributed by atoms with van der Waals surface area (Å²) in [7, 11) is -1.94. The summed E-state index contributed by atoms with van der Waals surface area (Å²) >= 11 is 3.79. The van der Waals surface area contributed by atoms with Crippen LogP contribution in [0.5, 0.6) is 0 Å². The molecule has 0 heterocycles. The van der Waals surface area contributed by atoms with Crippen LogP contribution in [0.1, 0.15) is 45.9 Å². The fourth-order valence-electron chi connectivity index (χ4n) is 5.69. The van der Waals surface area contributed by atoms with E-state index in [-0.39, 0.29) is 5.41 Å². The molecule has 1 N–H and O–H groups in total. The molecule has 2 atom stereocenters. The fraction of sp³-hybridized carbons (Fsp3) is 0.231. The van der Waals surface area contributed by atoms with Gasteiger partial charge in [0.1, 0.15) is 13.7 Å². The number of halogens is 1. The summed E-state index contributed by atoms with van der Waals surface area (Å²) in [6.45, 7) is 13.2. The van der Waals surface area contributed by atoms with E-state index in [4.69, 9.17) is 0 Å². The maximum absolute atomic E-state index is 12.7. The standard InChI is InChI=1S/C26H25BrOSi/c1-6-29(4,5)21-15-9-13-19-24(21)26(28)22-16(2)10-7-11-17(22)25(19,3)18-12-8-14-20(27)23(18)26/h6-15,28H,1H2,2-5H3. The van der Waals surface area contributed by atoms with Crippen LogP contribution in [-0.4, -0.2) is 13.2 Å². The molecular weight excluding hydrogens is 436 g/mol. The van der Waals surface area contributed by atoms with Crippen LogP contribution in [0.2, 0.25) is 13.1 Å². The van der Waals surface area contributed by atoms with E-state index in [9.17, 15) is 5.11 Å². The molecule has 3 aromatic carbocycles. The highest BCUT2D eigenvalue weighted by Crippen LogP contribution is 2.62. The molecule has 6 rings (SSSR count). The Labute approximate surface area is 182 Å². The van der Waals surface area contributed by atoms with E-state index >= 15 is 0 Å². The first kappa shape index (κ1) is 19.0. The van der Waals surface area contributed by atoms with Crippen molar-refractivity contribution in [2.75, 3.05) is 0 Å². The molecule has 0 amide bonds. The van der Waals surface area contributed by atoms with E-state index in [1.807, 2.05) is 0 Å². The van der Waals surface area contributed by atoms with Gasteiger partial charge in [-0.3, -0.25) is 0 Å². The van der Waals surface area contributed by atoms with Crippen LogP contribution in [0.25, 0.3) is 0 Å². The minimum atomic E-state index is -1.94. The number of hydrogen-bond donors (Lipinski definition) is 1. The molecule has 3 aliphatic carbocycles. The number of rotatable bonds is 2. The summed E-state index contributed by atoms with van der Waals surface area (Å²) in [5.41, 5.74) is 8.54. The maximum Gasteiger partial charge on any atom is 0.142 e. The van der Waals surface area contributed by atoms with Crippen LogP contribution in [0.4, 0.5) is 0 Å². The Kier molecular flexibility index (Phi) is 3.82. The topological polar surface area (TPSA) is 20.2 Å². The zero-order valence-corrected chi connectivity index (χ0v) is 19.9. The summed E-state index contributed by atoms with van der Waals surface area (Å²) in [5.74, 6) is 0. The molecule has 0 saturated heterocycles. The SMILES string of the molecule is C=C[Si](C)(C)c1cccc2c1C1(O)c3c(C)cccc3C2(C)c2cccc(Br)c21. The van der Waals surface area contributed by atoms with Crippen molar-refractivity contribution >= 4 is 29.2 Å². The maximum atomic E-state index is 12.7. The van der Waals surface area contributed by atoms with E-state index < -0.39 is 13.7 Å². The third-order valence-electron chi connectivity index (χ3n) is 7.26. The van der Waals surface area contributed by atoms with Gasteiger partial charge in [0.15, 0.2) is 0 Å². The molecule has 146 valence electrons. The summed E-state index contributed by atoms with van der Waals surface area (Å²) in [4.78, 5) is 0. The molecule has 3 aromatic rings. The molecule has 3 aliphatic rings. The number of hydrogen-bond acceptors (Lipinski definition) is 1. The zero-order chi connectivity index (χ0) is 20.8. The summed E-state index contributed by atoms with van der Waals surface area (Å²) in [5, 5.41) is 14.0. The first-order chi connectivity index (χ1) is 13.7. The average Bonchev–Trinajstić information content (AvgIpc) is 2.70. The van der Waals surface area contributed by atoms with Crippen LogP contribution < -0.4 is 5.19 Å². The van der Waals surface area contributed by atoms with Gasteiger partial charge in [-0.05, 0) is 58.5 Å². The van der Waals surface area contributed by atoms with Crippen molar-refractivity contribution in [1.29, 1.82) is 0 Å². The predicted octanol–water partition coefficient (Wildman–Crippen LogP) is 5.66. The predicted molar refractivity (Wildman–Crippen MR) is 127 cm³/mol. The molecule has 3 heteroatoms. The second kappa shape index (κ2) is 5.81. The summed E-state index contributed by atoms with van der Waals surface area (Å²) in [6.07, 6.45) is 0. The van der Waals surface area contributed by atoms with Gasteiger partial charge in [0.2, 0.25) is 0 Å². The molecule has 0 aliphatic heterocycles. The Balaban J connectivity index is 2.06. The van der Waals surface area contributed by atoms with Crippen molar-refractivity contribution < 1.29 is 5.11 Å². The molecule has 0 saturated carbocycles. The third kappa shape index (κ3) is 2.08. The van der Waals surface area contributed by atoms with Gasteiger partial charge in [0.05, 0.1) is 0 Å². The van der Waals surface area contributed by atoms with E-state index in [1.54, 1.807) is 0 Å². The Morgan fingerprint density at radius 3 is 2.10 bits per heavy atom. The molecule has 1 nitrogen and oxygen atoms in total. The lowest BCUT2D eigenvalue weighted by molar-refractivity contribution is 0.107. The quantitative estimate of drug-likeness (QED) is 0.488. The zero-order valence-electron chi connectivity index (χ0n) is 17.3. The Morgan fingerprint density at radius 1 is 0.897 bits per heavy atom. The molecular formula is C26H25BrOSi. The summed E-state index contributed by atoms with van der Waals surface area (Å²) < 4.78 is 0.969. The van der Waals surface area contributed by atoms with E-state index in [0.29, 0.717) is 0 Å². The van der Waals surface area contributed by atoms with Crippen molar-refractivity contribution in [1.82, 2.24) is 0 Å². The van der Waals surface area contributed by atoms with E-state index in [1.165, 1.54) is 21.9 Å². The molecule has 2 unspecified atom stereocenters. The van der Waals surface area contributed by atoms with Gasteiger partial charge in [-0.25, -0.2) is 0 Å². The molecule has 0 radical (unpaired) electrons. The molecule has 0 fully saturated rings. The fourth-order valence-corrected chi connectivity index (χ4v) is 8.05. The average molecular weight is 461 g/mol. The first-order valence-corrected chi connectivity index (χ1v) is 14.0. The Bertz CT molecular complexity index is 1150. The van der Waals surface area contributed by atoms with Gasteiger partial charge in [-0.1, -0.05) is 83.3 Å². The minimum Gasteiger partial charge on any atom is -0.376 e. The Hall–Kier alpha value is -1.94. The molecule has 2 bridgehead atoms. The van der Waals surface area contributed by atoms with Gasteiger partial charge in [-0.2, -0.15) is 0 Å². The first-order valence-electron chi connectivity index (χ1n) is 10.1. The number of benzene rings is 3. The Morgan fingerprint density at radius 2 is 1.45 bits per heavy atom. The van der Waals surface area contributed by atoms with Crippen LogP contribution in [0, 0.1) is 6.92 Å². The largest absolute Gasteiger partial charge is 0.376 e. The highest BCUT2D eigenvalue weighted by Gasteiger charge is 2.58.